The number of aliphatic hydroxyl groups is 4. The quantitative estimate of drug-likeness (QED) is 0.110. The molecule has 0 saturated carbocycles. The first-order valence-electron chi connectivity index (χ1n) is 11.3. The molecular weight excluding hydrogens is 518 g/mol. The molecule has 0 saturated heterocycles. The molecule has 3 aliphatic rings. The average molecular weight is 539 g/mol. The van der Waals surface area contributed by atoms with Crippen LogP contribution >= 0.6 is 0 Å². The lowest BCUT2D eigenvalue weighted by molar-refractivity contribution is -0.0427. The van der Waals surface area contributed by atoms with Crippen LogP contribution in [0.3, 0.4) is 0 Å². The summed E-state index contributed by atoms with van der Waals surface area (Å²) in [7, 11) is 0. The Labute approximate surface area is 217 Å². The van der Waals surface area contributed by atoms with Gasteiger partial charge in [0.25, 0.3) is 0 Å². The van der Waals surface area contributed by atoms with Crippen LogP contribution in [0.2, 0.25) is 0 Å². The second kappa shape index (κ2) is 6.83. The Balaban J connectivity index is 2.03. The number of fused-ring (bicyclic) bond motifs is 9. The number of hydrogen-bond acceptors (Lipinski definition) is 13. The van der Waals surface area contributed by atoms with Gasteiger partial charge in [-0.1, -0.05) is 12.1 Å². The van der Waals surface area contributed by atoms with Gasteiger partial charge in [-0.05, 0) is 24.1 Å². The molecule has 3 unspecified atom stereocenters. The minimum atomic E-state index is -2.63. The zero-order valence-electron chi connectivity index (χ0n) is 19.8. The Morgan fingerprint density at radius 2 is 1.15 bits per heavy atom. The van der Waals surface area contributed by atoms with E-state index in [4.69, 9.17) is 5.73 Å². The first-order valence-corrected chi connectivity index (χ1v) is 11.3. The van der Waals surface area contributed by atoms with Gasteiger partial charge in [0, 0.05) is 39.1 Å². The fraction of sp³-hybridized carbons (Fsp3) is 0.154. The highest BCUT2D eigenvalue weighted by molar-refractivity contribution is 6.06. The molecule has 0 aliphatic heterocycles. The molecule has 3 atom stereocenters. The summed E-state index contributed by atoms with van der Waals surface area (Å²) in [5.74, 6) is -11.5. The van der Waals surface area contributed by atoms with Gasteiger partial charge in [0.1, 0.15) is 11.7 Å². The van der Waals surface area contributed by atoms with Gasteiger partial charge in [0.2, 0.25) is 23.0 Å². The van der Waals surface area contributed by atoms with Gasteiger partial charge in [0.05, 0.1) is 5.41 Å². The summed E-state index contributed by atoms with van der Waals surface area (Å²) in [6.07, 6.45) is -2.26. The molecule has 13 nitrogen and oxygen atoms in total. The van der Waals surface area contributed by atoms with Gasteiger partial charge in [-0.15, -0.1) is 0 Å². The molecule has 0 fully saturated rings. The fourth-order valence-electron chi connectivity index (χ4n) is 6.42. The molecule has 3 aromatic carbocycles. The summed E-state index contributed by atoms with van der Waals surface area (Å²) in [4.78, 5) is 0. The van der Waals surface area contributed by atoms with E-state index >= 15 is 0 Å². The molecule has 39 heavy (non-hydrogen) atoms. The minimum absolute atomic E-state index is 0.0252. The van der Waals surface area contributed by atoms with Crippen molar-refractivity contribution >= 4 is 11.3 Å². The van der Waals surface area contributed by atoms with Crippen LogP contribution in [-0.2, 0) is 5.41 Å². The van der Waals surface area contributed by atoms with Crippen molar-refractivity contribution in [3.63, 3.8) is 0 Å². The number of phenols is 8. The van der Waals surface area contributed by atoms with Gasteiger partial charge >= 0.3 is 0 Å². The fourth-order valence-corrected chi connectivity index (χ4v) is 6.42. The number of hydrogen-bond donors (Lipinski definition) is 13. The van der Waals surface area contributed by atoms with Gasteiger partial charge < -0.3 is 67.0 Å². The van der Waals surface area contributed by atoms with Crippen molar-refractivity contribution in [3.05, 3.63) is 57.5 Å². The van der Waals surface area contributed by atoms with Crippen LogP contribution in [0.15, 0.2) is 35.3 Å². The lowest BCUT2D eigenvalue weighted by Gasteiger charge is -2.43. The summed E-state index contributed by atoms with van der Waals surface area (Å²) in [6.45, 7) is 0.991. The predicted molar refractivity (Wildman–Crippen MR) is 132 cm³/mol. The molecule has 3 aromatic rings. The van der Waals surface area contributed by atoms with E-state index in [0.717, 1.165) is 6.92 Å². The predicted octanol–water partition coefficient (Wildman–Crippen LogP) is 1.45. The Morgan fingerprint density at radius 1 is 0.667 bits per heavy atom. The third-order valence-corrected chi connectivity index (χ3v) is 7.94. The number of aliphatic hydroxyl groups excluding tert-OH is 3. The number of benzene rings is 3. The number of nitrogen functional groups attached to an aromatic ring is 1. The molecular formula is C26H21NO12. The Hall–Kier alpha value is -5.14. The van der Waals surface area contributed by atoms with Crippen LogP contribution in [0.25, 0.3) is 16.7 Å². The summed E-state index contributed by atoms with van der Waals surface area (Å²) in [5, 5.41) is 131. The first-order chi connectivity index (χ1) is 18.1. The standard InChI is InChI=1S/C26H21NO12/c1-25(39)23-9(15(30)22(37)24(25)38)8-12(17(32)21(36)19(34)14(8)29)26(23)10-5(3-2-4-6(10)27)7-11(26)16(31)20(35)18(33)13(7)28/h2-4,24,28-39H,27H2,1H3. The van der Waals surface area contributed by atoms with E-state index in [1.54, 1.807) is 0 Å². The maximum Gasteiger partial charge on any atom is 0.204 e. The number of rotatable bonds is 0. The molecule has 13 heteroatoms. The van der Waals surface area contributed by atoms with Gasteiger partial charge in [-0.2, -0.15) is 0 Å². The normalized spacial score (nSPS) is 24.6. The Kier molecular flexibility index (Phi) is 4.24. The molecule has 0 aromatic heterocycles. The van der Waals surface area contributed by atoms with Crippen LogP contribution in [0, 0.1) is 0 Å². The van der Waals surface area contributed by atoms with E-state index in [-0.39, 0.29) is 22.4 Å². The molecule has 0 amide bonds. The number of anilines is 1. The molecule has 0 heterocycles. The van der Waals surface area contributed by atoms with E-state index in [0.29, 0.717) is 0 Å². The van der Waals surface area contributed by atoms with Crippen molar-refractivity contribution in [2.75, 3.05) is 5.73 Å². The van der Waals surface area contributed by atoms with E-state index in [9.17, 15) is 61.3 Å². The van der Waals surface area contributed by atoms with Crippen molar-refractivity contribution < 1.29 is 61.3 Å². The van der Waals surface area contributed by atoms with E-state index in [2.05, 4.69) is 0 Å². The average Bonchev–Trinajstić information content (AvgIpc) is 3.38. The SMILES string of the molecule is CC1(O)C2=C(C(O)=C(O)C1O)c1c(O)c(O)c(O)c(O)c1C21c2c(N)cccc2-c2c(O)c(O)c(O)c(O)c21. The monoisotopic (exact) mass is 539 g/mol. The third kappa shape index (κ3) is 2.29. The van der Waals surface area contributed by atoms with E-state index in [1.807, 2.05) is 0 Å². The topological polar surface area (TPSA) is 269 Å². The molecule has 0 radical (unpaired) electrons. The molecule has 1 spiro atoms. The van der Waals surface area contributed by atoms with Crippen LogP contribution in [0.4, 0.5) is 5.69 Å². The van der Waals surface area contributed by atoms with Crippen LogP contribution in [0.5, 0.6) is 46.0 Å². The largest absolute Gasteiger partial charge is 0.506 e. The number of phenolic OH excluding ortho intramolecular Hbond substituents is 8. The van der Waals surface area contributed by atoms with Crippen molar-refractivity contribution in [1.29, 1.82) is 0 Å². The van der Waals surface area contributed by atoms with Crippen molar-refractivity contribution in [3.8, 4) is 57.1 Å². The van der Waals surface area contributed by atoms with Crippen LogP contribution < -0.4 is 5.73 Å². The number of allylic oxidation sites excluding steroid dienone is 1. The zero-order valence-corrected chi connectivity index (χ0v) is 19.8. The van der Waals surface area contributed by atoms with Crippen molar-refractivity contribution in [2.45, 2.75) is 24.0 Å². The third-order valence-electron chi connectivity index (χ3n) is 7.94. The highest BCUT2D eigenvalue weighted by Crippen LogP contribution is 2.75. The maximum atomic E-state index is 11.7. The molecule has 0 bridgehead atoms. The van der Waals surface area contributed by atoms with Gasteiger partial charge in [0.15, 0.2) is 34.5 Å². The molecule has 202 valence electrons. The van der Waals surface area contributed by atoms with Crippen LogP contribution in [0.1, 0.15) is 29.2 Å². The lowest BCUT2D eigenvalue weighted by atomic mass is 9.62. The molecule has 6 rings (SSSR count). The smallest absolute Gasteiger partial charge is 0.204 e. The number of aromatic hydroxyl groups is 8. The minimum Gasteiger partial charge on any atom is -0.506 e. The summed E-state index contributed by atoms with van der Waals surface area (Å²) in [6, 6.07) is 4.13. The van der Waals surface area contributed by atoms with Gasteiger partial charge in [-0.25, -0.2) is 0 Å². The Morgan fingerprint density at radius 3 is 1.72 bits per heavy atom. The van der Waals surface area contributed by atoms with Crippen molar-refractivity contribution in [1.82, 2.24) is 0 Å². The maximum absolute atomic E-state index is 11.7. The van der Waals surface area contributed by atoms with Gasteiger partial charge in [-0.3, -0.25) is 0 Å². The first kappa shape index (κ1) is 24.2. The summed E-state index contributed by atoms with van der Waals surface area (Å²) >= 11 is 0. The second-order valence-corrected chi connectivity index (χ2v) is 9.84. The number of nitrogens with two attached hydrogens (primary N) is 1. The second-order valence-electron chi connectivity index (χ2n) is 9.84. The zero-order chi connectivity index (χ0) is 28.7. The lowest BCUT2D eigenvalue weighted by Crippen LogP contribution is -2.51. The molecule has 14 N–H and O–H groups in total. The van der Waals surface area contributed by atoms with Crippen molar-refractivity contribution in [2.24, 2.45) is 0 Å². The highest BCUT2D eigenvalue weighted by atomic mass is 16.4. The summed E-state index contributed by atoms with van der Waals surface area (Å²) in [5.41, 5.74) is -2.38. The van der Waals surface area contributed by atoms with Crippen LogP contribution in [-0.4, -0.2) is 73.0 Å². The molecule has 3 aliphatic carbocycles. The Bertz CT molecular complexity index is 1770. The van der Waals surface area contributed by atoms with E-state index in [1.165, 1.54) is 18.2 Å². The highest BCUT2D eigenvalue weighted by Gasteiger charge is 2.66. The van der Waals surface area contributed by atoms with E-state index < -0.39 is 102 Å². The summed E-state index contributed by atoms with van der Waals surface area (Å²) < 4.78 is 0.